The van der Waals surface area contributed by atoms with Crippen LogP contribution in [0.1, 0.15) is 6.42 Å². The first-order valence-electron chi connectivity index (χ1n) is 2.83. The van der Waals surface area contributed by atoms with Crippen molar-refractivity contribution in [1.82, 2.24) is 10.9 Å². The number of hydrogen-bond donors (Lipinski definition) is 4. The Bertz CT molecular complexity index is 132. The van der Waals surface area contributed by atoms with Gasteiger partial charge in [0, 0.05) is 0 Å². The monoisotopic (exact) mass is 162 g/mol. The Morgan fingerprint density at radius 2 is 1.91 bits per heavy atom. The van der Waals surface area contributed by atoms with Crippen molar-refractivity contribution in [3.05, 3.63) is 0 Å². The van der Waals surface area contributed by atoms with E-state index in [1.165, 1.54) is 0 Å². The molecule has 0 aromatic rings. The van der Waals surface area contributed by atoms with E-state index in [1.54, 1.807) is 5.43 Å². The van der Waals surface area contributed by atoms with Crippen molar-refractivity contribution in [2.24, 2.45) is 11.7 Å². The summed E-state index contributed by atoms with van der Waals surface area (Å²) in [6.07, 6.45) is -0.765. The highest BCUT2D eigenvalue weighted by atomic mass is 16.5. The molecule has 6 N–H and O–H groups in total. The fourth-order valence-corrected chi connectivity index (χ4v) is 0.350. The molecule has 11 heavy (non-hydrogen) atoms. The topological polar surface area (TPSA) is 119 Å². The summed E-state index contributed by atoms with van der Waals surface area (Å²) in [5, 5.41) is 0. The van der Waals surface area contributed by atoms with Crippen molar-refractivity contribution in [2.45, 2.75) is 6.42 Å². The molecular formula is C4H10N4O3. The number of hydrogen-bond acceptors (Lipinski definition) is 5. The molecule has 0 atom stereocenters. The van der Waals surface area contributed by atoms with Crippen LogP contribution in [0.3, 0.4) is 0 Å². The van der Waals surface area contributed by atoms with Gasteiger partial charge in [-0.3, -0.25) is 15.6 Å². The summed E-state index contributed by atoms with van der Waals surface area (Å²) in [4.78, 5) is 20.7. The predicted octanol–water partition coefficient (Wildman–Crippen LogP) is -2.03. The van der Waals surface area contributed by atoms with Crippen LogP contribution in [-0.2, 0) is 9.53 Å². The third kappa shape index (κ3) is 5.12. The highest BCUT2D eigenvalue weighted by Crippen LogP contribution is 1.81. The van der Waals surface area contributed by atoms with Crippen LogP contribution in [0.2, 0.25) is 0 Å². The van der Waals surface area contributed by atoms with Crippen molar-refractivity contribution in [1.29, 1.82) is 0 Å². The molecule has 0 saturated heterocycles. The zero-order valence-corrected chi connectivity index (χ0v) is 5.79. The maximum atomic E-state index is 10.4. The number of carbonyl (C=O) groups is 2. The second kappa shape index (κ2) is 5.45. The van der Waals surface area contributed by atoms with E-state index in [4.69, 9.17) is 5.84 Å². The quantitative estimate of drug-likeness (QED) is 0.216. The minimum Gasteiger partial charge on any atom is -0.448 e. The number of nitrogens with one attached hydrogen (secondary N) is 2. The van der Waals surface area contributed by atoms with Gasteiger partial charge in [-0.25, -0.2) is 16.5 Å². The molecule has 7 heteroatoms. The third-order valence-electron chi connectivity index (χ3n) is 0.841. The van der Waals surface area contributed by atoms with E-state index < -0.39 is 12.0 Å². The van der Waals surface area contributed by atoms with Crippen LogP contribution in [0.15, 0.2) is 0 Å². The van der Waals surface area contributed by atoms with Crippen LogP contribution in [0.25, 0.3) is 0 Å². The van der Waals surface area contributed by atoms with E-state index in [2.05, 4.69) is 10.6 Å². The largest absolute Gasteiger partial charge is 0.448 e. The lowest BCUT2D eigenvalue weighted by molar-refractivity contribution is -0.121. The van der Waals surface area contributed by atoms with Crippen molar-refractivity contribution in [2.75, 3.05) is 6.61 Å². The van der Waals surface area contributed by atoms with Crippen molar-refractivity contribution < 1.29 is 14.3 Å². The lowest BCUT2D eigenvalue weighted by atomic mass is 10.4. The van der Waals surface area contributed by atoms with E-state index in [9.17, 15) is 9.59 Å². The minimum atomic E-state index is -0.783. The van der Waals surface area contributed by atoms with E-state index in [0.29, 0.717) is 0 Å². The Kier molecular flexibility index (Phi) is 4.78. The van der Waals surface area contributed by atoms with Gasteiger partial charge in [0.05, 0.1) is 6.42 Å². The van der Waals surface area contributed by atoms with Gasteiger partial charge in [-0.05, 0) is 0 Å². The zero-order chi connectivity index (χ0) is 8.69. The summed E-state index contributed by atoms with van der Waals surface area (Å²) in [5.41, 5.74) is 3.61. The molecule has 0 saturated carbocycles. The number of ether oxygens (including phenoxy) is 1. The van der Waals surface area contributed by atoms with Crippen molar-refractivity contribution >= 4 is 12.0 Å². The minimum absolute atomic E-state index is 0.0178. The Morgan fingerprint density at radius 3 is 2.36 bits per heavy atom. The lowest BCUT2D eigenvalue weighted by Gasteiger charge is -2.01. The molecule has 0 aliphatic carbocycles. The second-order valence-electron chi connectivity index (χ2n) is 1.60. The van der Waals surface area contributed by atoms with Gasteiger partial charge in [-0.1, -0.05) is 0 Å². The molecule has 0 aliphatic heterocycles. The summed E-state index contributed by atoms with van der Waals surface area (Å²) in [6, 6.07) is 0. The molecule has 2 amide bonds. The fourth-order valence-electron chi connectivity index (χ4n) is 0.350. The molecule has 0 rings (SSSR count). The molecule has 0 aliphatic rings. The summed E-state index contributed by atoms with van der Waals surface area (Å²) in [7, 11) is 0. The van der Waals surface area contributed by atoms with Crippen LogP contribution < -0.4 is 22.5 Å². The van der Waals surface area contributed by atoms with E-state index in [0.717, 1.165) is 0 Å². The molecule has 0 spiro atoms. The van der Waals surface area contributed by atoms with Gasteiger partial charge in [-0.2, -0.15) is 0 Å². The van der Waals surface area contributed by atoms with Crippen LogP contribution in [0, 0.1) is 0 Å². The first kappa shape index (κ1) is 9.66. The average molecular weight is 162 g/mol. The SMILES string of the molecule is NNC(=O)CCOC(=O)NN. The Balaban J connectivity index is 3.27. The Hall–Kier alpha value is -1.34. The molecule has 0 heterocycles. The molecule has 0 fully saturated rings. The van der Waals surface area contributed by atoms with Crippen LogP contribution in [0.5, 0.6) is 0 Å². The number of rotatable bonds is 3. The van der Waals surface area contributed by atoms with Gasteiger partial charge < -0.3 is 4.74 Å². The van der Waals surface area contributed by atoms with Gasteiger partial charge in [0.15, 0.2) is 0 Å². The van der Waals surface area contributed by atoms with Gasteiger partial charge in [0.1, 0.15) is 6.61 Å². The molecule has 0 aromatic heterocycles. The molecular weight excluding hydrogens is 152 g/mol. The van der Waals surface area contributed by atoms with Gasteiger partial charge in [0.25, 0.3) is 0 Å². The summed E-state index contributed by atoms with van der Waals surface area (Å²) >= 11 is 0. The Labute approximate surface area is 63.0 Å². The van der Waals surface area contributed by atoms with Crippen LogP contribution in [-0.4, -0.2) is 18.6 Å². The van der Waals surface area contributed by atoms with Crippen molar-refractivity contribution in [3.8, 4) is 0 Å². The van der Waals surface area contributed by atoms with Crippen molar-refractivity contribution in [3.63, 3.8) is 0 Å². The van der Waals surface area contributed by atoms with E-state index in [1.807, 2.05) is 5.43 Å². The first-order chi connectivity index (χ1) is 5.20. The van der Waals surface area contributed by atoms with Crippen LogP contribution in [0.4, 0.5) is 4.79 Å². The molecule has 0 bridgehead atoms. The van der Waals surface area contributed by atoms with Gasteiger partial charge in [0.2, 0.25) is 5.91 Å². The number of amides is 2. The van der Waals surface area contributed by atoms with Gasteiger partial charge in [-0.15, -0.1) is 0 Å². The maximum absolute atomic E-state index is 10.4. The third-order valence-corrected chi connectivity index (χ3v) is 0.841. The average Bonchev–Trinajstić information content (AvgIpc) is 2.04. The zero-order valence-electron chi connectivity index (χ0n) is 5.79. The Morgan fingerprint density at radius 1 is 1.27 bits per heavy atom. The second-order valence-corrected chi connectivity index (χ2v) is 1.60. The van der Waals surface area contributed by atoms with Crippen LogP contribution >= 0.6 is 0 Å². The van der Waals surface area contributed by atoms with E-state index in [-0.39, 0.29) is 13.0 Å². The smallest absolute Gasteiger partial charge is 0.421 e. The normalized spacial score (nSPS) is 8.55. The molecule has 0 unspecified atom stereocenters. The number of carbonyl (C=O) groups excluding carboxylic acids is 2. The molecule has 0 aromatic carbocycles. The highest BCUT2D eigenvalue weighted by Gasteiger charge is 2.01. The first-order valence-corrected chi connectivity index (χ1v) is 2.83. The lowest BCUT2D eigenvalue weighted by Crippen LogP contribution is -2.33. The summed E-state index contributed by atoms with van der Waals surface area (Å²) in [5.74, 6) is 9.01. The molecule has 64 valence electrons. The summed E-state index contributed by atoms with van der Waals surface area (Å²) in [6.45, 7) is -0.0495. The molecule has 0 radical (unpaired) electrons. The summed E-state index contributed by atoms with van der Waals surface area (Å²) < 4.78 is 4.37. The van der Waals surface area contributed by atoms with E-state index >= 15 is 0 Å². The predicted molar refractivity (Wildman–Crippen MR) is 35.6 cm³/mol. The van der Waals surface area contributed by atoms with Gasteiger partial charge >= 0.3 is 6.09 Å². The fraction of sp³-hybridized carbons (Fsp3) is 0.500. The molecule has 7 nitrogen and oxygen atoms in total. The number of nitrogens with two attached hydrogens (primary N) is 2. The number of hydrazine groups is 2. The highest BCUT2D eigenvalue weighted by molar-refractivity contribution is 5.75. The maximum Gasteiger partial charge on any atom is 0.421 e. The standard InChI is InChI=1S/C4H10N4O3/c5-7-3(9)1-2-11-4(10)8-6/h1-2,5-6H2,(H,7,9)(H,8,10).